The molecule has 5 heteroatoms. The van der Waals surface area contributed by atoms with Crippen molar-refractivity contribution in [3.05, 3.63) is 12.2 Å². The summed E-state index contributed by atoms with van der Waals surface area (Å²) in [5.41, 5.74) is 0. The van der Waals surface area contributed by atoms with Gasteiger partial charge in [-0.1, -0.05) is 20.3 Å². The predicted molar refractivity (Wildman–Crippen MR) is 72.5 cm³/mol. The van der Waals surface area contributed by atoms with Crippen LogP contribution in [0.2, 0.25) is 0 Å². The van der Waals surface area contributed by atoms with Gasteiger partial charge in [0.2, 0.25) is 0 Å². The van der Waals surface area contributed by atoms with Gasteiger partial charge >= 0.3 is 0 Å². The molecule has 1 aromatic heterocycles. The van der Waals surface area contributed by atoms with Gasteiger partial charge in [0.25, 0.3) is 0 Å². The smallest absolute Gasteiger partial charge is 0.138 e. The standard InChI is InChI=1S/C13H26N4O/c1-5-8-12(18-7-3)11(14-6-2)9-13-15-10-16-17(13)4/h10-12,14H,5-9H2,1-4H3. The number of aromatic nitrogens is 3. The van der Waals surface area contributed by atoms with E-state index in [0.29, 0.717) is 6.04 Å². The van der Waals surface area contributed by atoms with Crippen molar-refractivity contribution in [2.24, 2.45) is 7.05 Å². The van der Waals surface area contributed by atoms with Crippen molar-refractivity contribution < 1.29 is 4.74 Å². The first-order chi connectivity index (χ1) is 8.72. The molecule has 2 unspecified atom stereocenters. The molecule has 0 aromatic carbocycles. The van der Waals surface area contributed by atoms with Gasteiger partial charge in [0.05, 0.1) is 6.10 Å². The summed E-state index contributed by atoms with van der Waals surface area (Å²) in [6, 6.07) is 0.304. The number of hydrogen-bond acceptors (Lipinski definition) is 4. The Bertz CT molecular complexity index is 321. The van der Waals surface area contributed by atoms with E-state index in [1.54, 1.807) is 6.33 Å². The average molecular weight is 254 g/mol. The zero-order valence-electron chi connectivity index (χ0n) is 12.0. The molecule has 0 saturated heterocycles. The van der Waals surface area contributed by atoms with Gasteiger partial charge in [0.15, 0.2) is 0 Å². The summed E-state index contributed by atoms with van der Waals surface area (Å²) in [6.07, 6.45) is 4.91. The largest absolute Gasteiger partial charge is 0.377 e. The number of likely N-dealkylation sites (N-methyl/N-ethyl adjacent to an activating group) is 1. The van der Waals surface area contributed by atoms with Gasteiger partial charge in [0.1, 0.15) is 12.2 Å². The molecule has 1 rings (SSSR count). The quantitative estimate of drug-likeness (QED) is 0.726. The lowest BCUT2D eigenvalue weighted by atomic mass is 10.0. The number of hydrogen-bond donors (Lipinski definition) is 1. The lowest BCUT2D eigenvalue weighted by Crippen LogP contribution is -2.43. The fourth-order valence-electron chi connectivity index (χ4n) is 2.20. The minimum atomic E-state index is 0.247. The molecule has 2 atom stereocenters. The van der Waals surface area contributed by atoms with Gasteiger partial charge in [0, 0.05) is 26.1 Å². The summed E-state index contributed by atoms with van der Waals surface area (Å²) in [6.45, 7) is 8.06. The first kappa shape index (κ1) is 15.1. The van der Waals surface area contributed by atoms with Crippen molar-refractivity contribution in [1.82, 2.24) is 20.1 Å². The van der Waals surface area contributed by atoms with Crippen LogP contribution in [0.5, 0.6) is 0 Å². The summed E-state index contributed by atoms with van der Waals surface area (Å²) in [5.74, 6) is 1.00. The molecule has 1 heterocycles. The molecule has 1 N–H and O–H groups in total. The van der Waals surface area contributed by atoms with Crippen LogP contribution in [0, 0.1) is 0 Å². The zero-order valence-corrected chi connectivity index (χ0v) is 12.0. The summed E-state index contributed by atoms with van der Waals surface area (Å²) in [4.78, 5) is 4.30. The Morgan fingerprint density at radius 3 is 2.67 bits per heavy atom. The highest BCUT2D eigenvalue weighted by Gasteiger charge is 2.22. The second-order valence-corrected chi connectivity index (χ2v) is 4.45. The molecular formula is C13H26N4O. The van der Waals surface area contributed by atoms with Crippen LogP contribution in [0.4, 0.5) is 0 Å². The molecule has 104 valence electrons. The third-order valence-corrected chi connectivity index (χ3v) is 3.08. The number of rotatable bonds is 9. The third kappa shape index (κ3) is 4.38. The van der Waals surface area contributed by atoms with Crippen LogP contribution in [-0.2, 0) is 18.2 Å². The van der Waals surface area contributed by atoms with E-state index < -0.39 is 0 Å². The molecule has 0 bridgehead atoms. The topological polar surface area (TPSA) is 52.0 Å². The molecule has 18 heavy (non-hydrogen) atoms. The van der Waals surface area contributed by atoms with Crippen LogP contribution >= 0.6 is 0 Å². The fourth-order valence-corrected chi connectivity index (χ4v) is 2.20. The van der Waals surface area contributed by atoms with Gasteiger partial charge in [-0.25, -0.2) is 4.98 Å². The molecular weight excluding hydrogens is 228 g/mol. The maximum Gasteiger partial charge on any atom is 0.138 e. The first-order valence-electron chi connectivity index (χ1n) is 6.90. The van der Waals surface area contributed by atoms with Gasteiger partial charge in [-0.3, -0.25) is 4.68 Å². The number of nitrogens with zero attached hydrogens (tertiary/aromatic N) is 3. The Hall–Kier alpha value is -0.940. The van der Waals surface area contributed by atoms with Crippen LogP contribution in [0.3, 0.4) is 0 Å². The fraction of sp³-hybridized carbons (Fsp3) is 0.846. The van der Waals surface area contributed by atoms with Crippen LogP contribution in [-0.4, -0.2) is 40.1 Å². The van der Waals surface area contributed by atoms with E-state index >= 15 is 0 Å². The molecule has 1 aromatic rings. The van der Waals surface area contributed by atoms with Crippen LogP contribution in [0.1, 0.15) is 39.4 Å². The zero-order chi connectivity index (χ0) is 13.4. The summed E-state index contributed by atoms with van der Waals surface area (Å²) < 4.78 is 7.70. The molecule has 0 fully saturated rings. The van der Waals surface area contributed by atoms with Gasteiger partial charge in [-0.15, -0.1) is 0 Å². The lowest BCUT2D eigenvalue weighted by Gasteiger charge is -2.27. The highest BCUT2D eigenvalue weighted by Crippen LogP contribution is 2.11. The normalized spacial score (nSPS) is 14.7. The number of nitrogens with one attached hydrogen (secondary N) is 1. The van der Waals surface area contributed by atoms with Crippen LogP contribution in [0.25, 0.3) is 0 Å². The van der Waals surface area contributed by atoms with E-state index in [2.05, 4.69) is 29.2 Å². The van der Waals surface area contributed by atoms with Crippen molar-refractivity contribution in [2.75, 3.05) is 13.2 Å². The monoisotopic (exact) mass is 254 g/mol. The molecule has 5 nitrogen and oxygen atoms in total. The van der Waals surface area contributed by atoms with Gasteiger partial charge in [-0.2, -0.15) is 5.10 Å². The van der Waals surface area contributed by atoms with E-state index in [1.165, 1.54) is 0 Å². The minimum Gasteiger partial charge on any atom is -0.377 e. The molecule has 0 aliphatic heterocycles. The average Bonchev–Trinajstić information content (AvgIpc) is 2.74. The van der Waals surface area contributed by atoms with Crippen LogP contribution in [0.15, 0.2) is 6.33 Å². The second-order valence-electron chi connectivity index (χ2n) is 4.45. The van der Waals surface area contributed by atoms with E-state index in [0.717, 1.165) is 38.2 Å². The molecule has 0 aliphatic carbocycles. The first-order valence-corrected chi connectivity index (χ1v) is 6.90. The Kier molecular flexibility index (Phi) is 6.90. The van der Waals surface area contributed by atoms with E-state index in [4.69, 9.17) is 4.74 Å². The van der Waals surface area contributed by atoms with E-state index in [-0.39, 0.29) is 6.10 Å². The summed E-state index contributed by atoms with van der Waals surface area (Å²) >= 11 is 0. The van der Waals surface area contributed by atoms with Crippen molar-refractivity contribution in [3.8, 4) is 0 Å². The van der Waals surface area contributed by atoms with Gasteiger partial charge < -0.3 is 10.1 Å². The Balaban J connectivity index is 2.69. The molecule has 0 amide bonds. The SMILES string of the molecule is CCCC(OCC)C(Cc1ncnn1C)NCC. The van der Waals surface area contributed by atoms with Crippen LogP contribution < -0.4 is 5.32 Å². The second kappa shape index (κ2) is 8.21. The molecule has 0 spiro atoms. The van der Waals surface area contributed by atoms with E-state index in [1.807, 2.05) is 18.7 Å². The highest BCUT2D eigenvalue weighted by molar-refractivity contribution is 4.92. The summed E-state index contributed by atoms with van der Waals surface area (Å²) in [5, 5.41) is 7.63. The molecule has 0 radical (unpaired) electrons. The lowest BCUT2D eigenvalue weighted by molar-refractivity contribution is 0.0279. The maximum atomic E-state index is 5.87. The minimum absolute atomic E-state index is 0.247. The van der Waals surface area contributed by atoms with Crippen molar-refractivity contribution in [1.29, 1.82) is 0 Å². The Labute approximate surface area is 110 Å². The van der Waals surface area contributed by atoms with Crippen molar-refractivity contribution >= 4 is 0 Å². The van der Waals surface area contributed by atoms with Crippen molar-refractivity contribution in [3.63, 3.8) is 0 Å². The van der Waals surface area contributed by atoms with Gasteiger partial charge in [-0.05, 0) is 19.9 Å². The molecule has 0 saturated carbocycles. The molecule has 0 aliphatic rings. The number of ether oxygens (including phenoxy) is 1. The van der Waals surface area contributed by atoms with Crippen molar-refractivity contribution in [2.45, 2.75) is 52.2 Å². The number of aryl methyl sites for hydroxylation is 1. The van der Waals surface area contributed by atoms with E-state index in [9.17, 15) is 0 Å². The predicted octanol–water partition coefficient (Wildman–Crippen LogP) is 1.54. The summed E-state index contributed by atoms with van der Waals surface area (Å²) in [7, 11) is 1.93. The third-order valence-electron chi connectivity index (χ3n) is 3.08. The highest BCUT2D eigenvalue weighted by atomic mass is 16.5. The maximum absolute atomic E-state index is 5.87. The Morgan fingerprint density at radius 2 is 2.17 bits per heavy atom. The Morgan fingerprint density at radius 1 is 1.39 bits per heavy atom.